The average molecular weight is 201 g/mol. The first-order valence-electron chi connectivity index (χ1n) is 5.48. The Balaban J connectivity index is 2.10. The van der Waals surface area contributed by atoms with Crippen LogP contribution in [0.2, 0.25) is 0 Å². The molecule has 0 saturated carbocycles. The Hall–Kier alpha value is -1.35. The number of nitrogens with zero attached hydrogens (tertiary/aromatic N) is 2. The summed E-state index contributed by atoms with van der Waals surface area (Å²) >= 11 is 0. The van der Waals surface area contributed by atoms with Crippen LogP contribution in [0.1, 0.15) is 24.4 Å². The smallest absolute Gasteiger partial charge is 0.0926 e. The highest BCUT2D eigenvalue weighted by molar-refractivity contribution is 5.79. The second-order valence-corrected chi connectivity index (χ2v) is 4.28. The summed E-state index contributed by atoms with van der Waals surface area (Å²) in [6.45, 7) is 1.20. The van der Waals surface area contributed by atoms with Crippen LogP contribution in [-0.4, -0.2) is 28.5 Å². The predicted octanol–water partition coefficient (Wildman–Crippen LogP) is 2.33. The van der Waals surface area contributed by atoms with Crippen LogP contribution in [0.3, 0.4) is 0 Å². The van der Waals surface area contributed by atoms with Crippen molar-refractivity contribution in [2.75, 3.05) is 13.6 Å². The number of rotatable bonds is 1. The minimum Gasteiger partial charge on any atom is -0.360 e. The van der Waals surface area contributed by atoms with Crippen molar-refractivity contribution in [3.63, 3.8) is 0 Å². The first-order valence-corrected chi connectivity index (χ1v) is 5.48. The molecule has 3 heterocycles. The zero-order valence-electron chi connectivity index (χ0n) is 8.90. The van der Waals surface area contributed by atoms with Crippen molar-refractivity contribution in [3.8, 4) is 0 Å². The molecular formula is C12H15N3. The topological polar surface area (TPSA) is 31.9 Å². The number of likely N-dealkylation sites (tertiary alicyclic amines) is 1. The molecule has 1 fully saturated rings. The van der Waals surface area contributed by atoms with Gasteiger partial charge in [0.05, 0.1) is 11.0 Å². The number of nitrogens with one attached hydrogen (secondary N) is 1. The van der Waals surface area contributed by atoms with Gasteiger partial charge in [-0.2, -0.15) is 0 Å². The predicted molar refractivity (Wildman–Crippen MR) is 60.7 cm³/mol. The lowest BCUT2D eigenvalue weighted by Gasteiger charge is -2.18. The molecule has 1 aliphatic rings. The molecule has 0 aromatic carbocycles. The summed E-state index contributed by atoms with van der Waals surface area (Å²) in [5, 5.41) is 0. The third kappa shape index (κ3) is 1.35. The normalized spacial score (nSPS) is 22.6. The van der Waals surface area contributed by atoms with Crippen LogP contribution in [-0.2, 0) is 0 Å². The molecule has 2 aromatic heterocycles. The second kappa shape index (κ2) is 3.35. The average Bonchev–Trinajstić information content (AvgIpc) is 2.83. The summed E-state index contributed by atoms with van der Waals surface area (Å²) in [6.07, 6.45) is 6.53. The molecule has 3 heteroatoms. The highest BCUT2D eigenvalue weighted by Gasteiger charge is 2.25. The Morgan fingerprint density at radius 3 is 3.27 bits per heavy atom. The molecule has 0 spiro atoms. The van der Waals surface area contributed by atoms with E-state index in [0.717, 1.165) is 11.0 Å². The largest absolute Gasteiger partial charge is 0.360 e. The number of aromatic amines is 1. The lowest BCUT2D eigenvalue weighted by molar-refractivity contribution is 0.319. The van der Waals surface area contributed by atoms with Gasteiger partial charge in [0, 0.05) is 24.0 Å². The molecule has 1 saturated heterocycles. The van der Waals surface area contributed by atoms with Crippen molar-refractivity contribution in [2.45, 2.75) is 18.9 Å². The fourth-order valence-corrected chi connectivity index (χ4v) is 2.53. The first kappa shape index (κ1) is 8.92. The summed E-state index contributed by atoms with van der Waals surface area (Å²) in [4.78, 5) is 10.2. The quantitative estimate of drug-likeness (QED) is 0.768. The maximum Gasteiger partial charge on any atom is 0.0926 e. The van der Waals surface area contributed by atoms with Crippen molar-refractivity contribution >= 4 is 11.0 Å². The maximum atomic E-state index is 4.46. The van der Waals surface area contributed by atoms with Gasteiger partial charge in [0.1, 0.15) is 0 Å². The Bertz CT molecular complexity index is 474. The molecule has 78 valence electrons. The van der Waals surface area contributed by atoms with Crippen LogP contribution in [0.15, 0.2) is 24.5 Å². The molecule has 0 amide bonds. The third-order valence-electron chi connectivity index (χ3n) is 3.34. The van der Waals surface area contributed by atoms with Gasteiger partial charge >= 0.3 is 0 Å². The summed E-state index contributed by atoms with van der Waals surface area (Å²) < 4.78 is 0. The number of fused-ring (bicyclic) bond motifs is 1. The van der Waals surface area contributed by atoms with Crippen LogP contribution >= 0.6 is 0 Å². The van der Waals surface area contributed by atoms with E-state index in [-0.39, 0.29) is 0 Å². The maximum absolute atomic E-state index is 4.46. The molecule has 0 bridgehead atoms. The van der Waals surface area contributed by atoms with E-state index in [1.165, 1.54) is 24.9 Å². The van der Waals surface area contributed by atoms with E-state index in [1.807, 2.05) is 12.3 Å². The molecule has 15 heavy (non-hydrogen) atoms. The van der Waals surface area contributed by atoms with Gasteiger partial charge in [-0.25, -0.2) is 0 Å². The van der Waals surface area contributed by atoms with Gasteiger partial charge in [-0.05, 0) is 38.6 Å². The van der Waals surface area contributed by atoms with Crippen LogP contribution in [0.5, 0.6) is 0 Å². The van der Waals surface area contributed by atoms with E-state index in [0.29, 0.717) is 6.04 Å². The summed E-state index contributed by atoms with van der Waals surface area (Å²) in [5.74, 6) is 0. The molecule has 0 radical (unpaired) electrons. The van der Waals surface area contributed by atoms with E-state index in [2.05, 4.69) is 34.2 Å². The molecule has 3 rings (SSSR count). The van der Waals surface area contributed by atoms with Gasteiger partial charge in [0.2, 0.25) is 0 Å². The van der Waals surface area contributed by atoms with Gasteiger partial charge < -0.3 is 4.98 Å². The van der Waals surface area contributed by atoms with Crippen LogP contribution < -0.4 is 0 Å². The van der Waals surface area contributed by atoms with Gasteiger partial charge in [-0.15, -0.1) is 0 Å². The van der Waals surface area contributed by atoms with E-state index < -0.39 is 0 Å². The lowest BCUT2D eigenvalue weighted by atomic mass is 10.1. The van der Waals surface area contributed by atoms with E-state index >= 15 is 0 Å². The molecule has 1 unspecified atom stereocenters. The van der Waals surface area contributed by atoms with E-state index in [9.17, 15) is 0 Å². The van der Waals surface area contributed by atoms with Gasteiger partial charge in [-0.1, -0.05) is 0 Å². The van der Waals surface area contributed by atoms with Crippen molar-refractivity contribution in [2.24, 2.45) is 0 Å². The standard InChI is InChI=1S/C12H15N3/c1-15-7-3-5-11(15)9-8-14-10-4-2-6-13-12(9)10/h2,4,6,8,11,14H,3,5,7H2,1H3. The van der Waals surface area contributed by atoms with Gasteiger partial charge in [0.15, 0.2) is 0 Å². The Morgan fingerprint density at radius 2 is 2.47 bits per heavy atom. The fourth-order valence-electron chi connectivity index (χ4n) is 2.53. The first-order chi connectivity index (χ1) is 7.36. The molecule has 0 aliphatic carbocycles. The molecule has 1 aliphatic heterocycles. The summed E-state index contributed by atoms with van der Waals surface area (Å²) in [7, 11) is 2.19. The van der Waals surface area contributed by atoms with Crippen molar-refractivity contribution < 1.29 is 0 Å². The third-order valence-corrected chi connectivity index (χ3v) is 3.34. The second-order valence-electron chi connectivity index (χ2n) is 4.28. The Labute approximate surface area is 89.1 Å². The van der Waals surface area contributed by atoms with E-state index in [4.69, 9.17) is 0 Å². The number of H-pyrrole nitrogens is 1. The number of aromatic nitrogens is 2. The minimum atomic E-state index is 0.550. The van der Waals surface area contributed by atoms with Gasteiger partial charge in [-0.3, -0.25) is 9.88 Å². The number of pyridine rings is 1. The van der Waals surface area contributed by atoms with Gasteiger partial charge in [0.25, 0.3) is 0 Å². The molecule has 3 nitrogen and oxygen atoms in total. The number of hydrogen-bond acceptors (Lipinski definition) is 2. The Kier molecular flexibility index (Phi) is 1.99. The van der Waals surface area contributed by atoms with Crippen molar-refractivity contribution in [1.29, 1.82) is 0 Å². The SMILES string of the molecule is CN1CCCC1c1c[nH]c2cccnc12. The highest BCUT2D eigenvalue weighted by Crippen LogP contribution is 2.33. The number of hydrogen-bond donors (Lipinski definition) is 1. The monoisotopic (exact) mass is 201 g/mol. The van der Waals surface area contributed by atoms with Crippen molar-refractivity contribution in [3.05, 3.63) is 30.1 Å². The molecule has 1 atom stereocenters. The van der Waals surface area contributed by atoms with Crippen LogP contribution in [0.25, 0.3) is 11.0 Å². The fraction of sp³-hybridized carbons (Fsp3) is 0.417. The summed E-state index contributed by atoms with van der Waals surface area (Å²) in [6, 6.07) is 4.61. The minimum absolute atomic E-state index is 0.550. The Morgan fingerprint density at radius 1 is 1.53 bits per heavy atom. The molecule has 1 N–H and O–H groups in total. The zero-order chi connectivity index (χ0) is 10.3. The van der Waals surface area contributed by atoms with Crippen LogP contribution in [0.4, 0.5) is 0 Å². The molecule has 2 aromatic rings. The lowest BCUT2D eigenvalue weighted by Crippen LogP contribution is -2.17. The van der Waals surface area contributed by atoms with Crippen LogP contribution in [0, 0.1) is 0 Å². The highest BCUT2D eigenvalue weighted by atomic mass is 15.1. The molecular weight excluding hydrogens is 186 g/mol. The van der Waals surface area contributed by atoms with Crippen molar-refractivity contribution in [1.82, 2.24) is 14.9 Å². The van der Waals surface area contributed by atoms with E-state index in [1.54, 1.807) is 0 Å². The summed E-state index contributed by atoms with van der Waals surface area (Å²) in [5.41, 5.74) is 3.63. The zero-order valence-corrected chi connectivity index (χ0v) is 8.90.